The van der Waals surface area contributed by atoms with Gasteiger partial charge in [-0.25, -0.2) is 0 Å². The molecule has 0 amide bonds. The molecule has 0 aromatic heterocycles. The van der Waals surface area contributed by atoms with Gasteiger partial charge in [0, 0.05) is 11.1 Å². The number of benzene rings is 1. The van der Waals surface area contributed by atoms with E-state index in [1.54, 1.807) is 0 Å². The van der Waals surface area contributed by atoms with Crippen molar-refractivity contribution in [1.82, 2.24) is 0 Å². The Kier molecular flexibility index (Phi) is 4.46. The third-order valence-corrected chi connectivity index (χ3v) is 3.73. The van der Waals surface area contributed by atoms with E-state index in [4.69, 9.17) is 56.6 Å². The van der Waals surface area contributed by atoms with Crippen LogP contribution in [0.1, 0.15) is 29.1 Å². The van der Waals surface area contributed by atoms with E-state index in [1.807, 2.05) is 0 Å². The number of carbonyl (C=O) groups is 1. The zero-order chi connectivity index (χ0) is 12.6. The Balaban J connectivity index is 3.76. The minimum atomic E-state index is -1.96. The Hall–Kier alpha value is -0.0300. The third-order valence-electron chi connectivity index (χ3n) is 1.91. The van der Waals surface area contributed by atoms with Crippen molar-refractivity contribution in [2.75, 3.05) is 0 Å². The van der Waals surface area contributed by atoms with Crippen LogP contribution < -0.4 is 0 Å². The summed E-state index contributed by atoms with van der Waals surface area (Å²) < 4.78 is 0. The maximum Gasteiger partial charge on any atom is 0.180 e. The second-order valence-corrected chi connectivity index (χ2v) is 4.49. The lowest BCUT2D eigenvalue weighted by Gasteiger charge is -2.15. The van der Waals surface area contributed by atoms with E-state index in [2.05, 4.69) is 0 Å². The summed E-state index contributed by atoms with van der Waals surface area (Å²) in [7, 11) is 0. The smallest absolute Gasteiger partial charge is 0.180 e. The summed E-state index contributed by atoms with van der Waals surface area (Å²) in [5.41, 5.74) is -0.385. The molecule has 1 rings (SSSR count). The summed E-state index contributed by atoms with van der Waals surface area (Å²) in [5, 5.41) is 17.7. The highest BCUT2D eigenvalue weighted by Crippen LogP contribution is 2.43. The zero-order valence-electron chi connectivity index (χ0n) is 7.89. The third kappa shape index (κ3) is 2.30. The molecule has 0 bridgehead atoms. The topological polar surface area (TPSA) is 57.5 Å². The first-order valence-corrected chi connectivity index (χ1v) is 5.53. The number of hydrogen-bond acceptors (Lipinski definition) is 3. The van der Waals surface area contributed by atoms with E-state index in [0.717, 1.165) is 0 Å². The first-order chi connectivity index (χ1) is 7.29. The molecule has 1 aromatic carbocycles. The van der Waals surface area contributed by atoms with Crippen LogP contribution in [0, 0.1) is 0 Å². The Labute approximate surface area is 111 Å². The largest absolute Gasteiger partial charge is 0.364 e. The predicted molar refractivity (Wildman–Crippen MR) is 63.7 cm³/mol. The summed E-state index contributed by atoms with van der Waals surface area (Å²) in [4.78, 5) is 11.3. The molecule has 7 heteroatoms. The van der Waals surface area contributed by atoms with Gasteiger partial charge in [0.15, 0.2) is 12.1 Å². The molecule has 1 aromatic rings. The Bertz CT molecular complexity index is 457. The maximum absolute atomic E-state index is 11.3. The SMILES string of the molecule is CC(=O)c1c(Cl)c(Cl)c(Cl)c(Cl)c1C(O)O. The van der Waals surface area contributed by atoms with E-state index in [0.29, 0.717) is 0 Å². The van der Waals surface area contributed by atoms with Gasteiger partial charge in [0.05, 0.1) is 20.1 Å². The van der Waals surface area contributed by atoms with Crippen LogP contribution in [0.2, 0.25) is 20.1 Å². The molecular weight excluding hydrogens is 298 g/mol. The summed E-state index contributed by atoms with van der Waals surface area (Å²) in [6.07, 6.45) is -1.96. The fraction of sp³-hybridized carbons (Fsp3) is 0.222. The molecule has 0 heterocycles. The first-order valence-electron chi connectivity index (χ1n) is 4.02. The van der Waals surface area contributed by atoms with Crippen molar-refractivity contribution in [2.24, 2.45) is 0 Å². The van der Waals surface area contributed by atoms with Gasteiger partial charge in [-0.15, -0.1) is 0 Å². The highest BCUT2D eigenvalue weighted by molar-refractivity contribution is 6.53. The molecule has 0 saturated carbocycles. The number of halogens is 4. The standard InChI is InChI=1S/C9H6Cl4O3/c1-2(14)3-4(9(15)16)6(11)8(13)7(12)5(3)10/h9,15-16H,1H3. The van der Waals surface area contributed by atoms with Crippen LogP contribution in [0.15, 0.2) is 0 Å². The van der Waals surface area contributed by atoms with Crippen LogP contribution >= 0.6 is 46.4 Å². The molecule has 0 saturated heterocycles. The molecule has 0 aliphatic heterocycles. The van der Waals surface area contributed by atoms with Gasteiger partial charge in [-0.2, -0.15) is 0 Å². The van der Waals surface area contributed by atoms with E-state index in [9.17, 15) is 4.79 Å². The predicted octanol–water partition coefficient (Wildman–Crippen LogP) is 3.49. The van der Waals surface area contributed by atoms with Crippen molar-refractivity contribution in [1.29, 1.82) is 0 Å². The highest BCUT2D eigenvalue weighted by Gasteiger charge is 2.26. The number of Topliss-reactive ketones (excluding diaryl/α,β-unsaturated/α-hetero) is 1. The minimum absolute atomic E-state index is 0.0945. The molecule has 3 nitrogen and oxygen atoms in total. The van der Waals surface area contributed by atoms with Crippen molar-refractivity contribution in [3.05, 3.63) is 31.2 Å². The molecule has 0 aliphatic rings. The second kappa shape index (κ2) is 5.08. The summed E-state index contributed by atoms with van der Waals surface area (Å²) in [5.74, 6) is -0.492. The lowest BCUT2D eigenvalue weighted by atomic mass is 10.0. The Morgan fingerprint density at radius 1 is 1.00 bits per heavy atom. The number of ketones is 1. The summed E-state index contributed by atoms with van der Waals surface area (Å²) >= 11 is 23.0. The van der Waals surface area contributed by atoms with Crippen LogP contribution in [-0.2, 0) is 0 Å². The van der Waals surface area contributed by atoms with Crippen LogP contribution in [-0.4, -0.2) is 16.0 Å². The number of rotatable bonds is 2. The molecular formula is C9H6Cl4O3. The lowest BCUT2D eigenvalue weighted by Crippen LogP contribution is -2.07. The number of carbonyl (C=O) groups excluding carboxylic acids is 1. The van der Waals surface area contributed by atoms with E-state index in [1.165, 1.54) is 6.92 Å². The number of hydrogen-bond donors (Lipinski definition) is 2. The molecule has 0 unspecified atom stereocenters. The lowest BCUT2D eigenvalue weighted by molar-refractivity contribution is -0.0428. The van der Waals surface area contributed by atoms with Gasteiger partial charge in [-0.05, 0) is 6.92 Å². The second-order valence-electron chi connectivity index (χ2n) is 2.97. The van der Waals surface area contributed by atoms with Gasteiger partial charge >= 0.3 is 0 Å². The average Bonchev–Trinajstić information content (AvgIpc) is 2.18. The molecule has 0 spiro atoms. The van der Waals surface area contributed by atoms with Crippen LogP contribution in [0.25, 0.3) is 0 Å². The van der Waals surface area contributed by atoms with Gasteiger partial charge in [0.1, 0.15) is 0 Å². The van der Waals surface area contributed by atoms with E-state index >= 15 is 0 Å². The highest BCUT2D eigenvalue weighted by atomic mass is 35.5. The van der Waals surface area contributed by atoms with E-state index < -0.39 is 12.1 Å². The van der Waals surface area contributed by atoms with Gasteiger partial charge < -0.3 is 10.2 Å². The van der Waals surface area contributed by atoms with Crippen molar-refractivity contribution in [3.8, 4) is 0 Å². The minimum Gasteiger partial charge on any atom is -0.364 e. The number of aliphatic hydroxyl groups excluding tert-OH is 1. The van der Waals surface area contributed by atoms with Gasteiger partial charge in [-0.1, -0.05) is 46.4 Å². The summed E-state index contributed by atoms with van der Waals surface area (Å²) in [6, 6.07) is 0. The quantitative estimate of drug-likeness (QED) is 0.380. The molecule has 88 valence electrons. The first kappa shape index (κ1) is 14.0. The van der Waals surface area contributed by atoms with Gasteiger partial charge in [0.25, 0.3) is 0 Å². The Morgan fingerprint density at radius 3 is 1.81 bits per heavy atom. The number of aliphatic hydroxyl groups is 2. The molecule has 2 N–H and O–H groups in total. The maximum atomic E-state index is 11.3. The van der Waals surface area contributed by atoms with Gasteiger partial charge in [-0.3, -0.25) is 4.79 Å². The van der Waals surface area contributed by atoms with E-state index in [-0.39, 0.29) is 31.2 Å². The average molecular weight is 304 g/mol. The zero-order valence-corrected chi connectivity index (χ0v) is 10.9. The van der Waals surface area contributed by atoms with Crippen molar-refractivity contribution in [3.63, 3.8) is 0 Å². The van der Waals surface area contributed by atoms with Crippen LogP contribution in [0.4, 0.5) is 0 Å². The van der Waals surface area contributed by atoms with Crippen LogP contribution in [0.5, 0.6) is 0 Å². The normalized spacial score (nSPS) is 11.0. The monoisotopic (exact) mass is 302 g/mol. The van der Waals surface area contributed by atoms with Crippen LogP contribution in [0.3, 0.4) is 0 Å². The molecule has 16 heavy (non-hydrogen) atoms. The van der Waals surface area contributed by atoms with Gasteiger partial charge in [0.2, 0.25) is 0 Å². The fourth-order valence-corrected chi connectivity index (χ4v) is 2.33. The fourth-order valence-electron chi connectivity index (χ4n) is 1.24. The molecule has 0 aliphatic carbocycles. The molecule has 0 radical (unpaired) electrons. The van der Waals surface area contributed by atoms with Crippen molar-refractivity contribution < 1.29 is 15.0 Å². The molecule has 0 fully saturated rings. The molecule has 0 atom stereocenters. The van der Waals surface area contributed by atoms with Crippen molar-refractivity contribution >= 4 is 52.2 Å². The summed E-state index contributed by atoms with van der Waals surface area (Å²) in [6.45, 7) is 1.20. The Morgan fingerprint density at radius 2 is 1.44 bits per heavy atom. The van der Waals surface area contributed by atoms with Crippen molar-refractivity contribution in [2.45, 2.75) is 13.2 Å².